The van der Waals surface area contributed by atoms with E-state index >= 15 is 4.39 Å². The second kappa shape index (κ2) is 15.1. The van der Waals surface area contributed by atoms with Gasteiger partial charge in [-0.3, -0.25) is 24.2 Å². The second-order valence-electron chi connectivity index (χ2n) is 12.4. The van der Waals surface area contributed by atoms with E-state index in [0.29, 0.717) is 24.2 Å². The molecule has 5 rings (SSSR count). The molecule has 1 aliphatic carbocycles. The zero-order valence-corrected chi connectivity index (χ0v) is 27.5. The summed E-state index contributed by atoms with van der Waals surface area (Å²) in [5.74, 6) is -2.53. The third-order valence-corrected chi connectivity index (χ3v) is 10.2. The maximum Gasteiger partial charge on any atom is 0.253 e. The summed E-state index contributed by atoms with van der Waals surface area (Å²) in [5, 5.41) is 11.1. The minimum absolute atomic E-state index is 0.0115. The Morgan fingerprint density at radius 1 is 1.04 bits per heavy atom. The number of nitrogens with zero attached hydrogens (tertiary/aromatic N) is 3. The van der Waals surface area contributed by atoms with Gasteiger partial charge in [-0.05, 0) is 49.6 Å². The van der Waals surface area contributed by atoms with Gasteiger partial charge in [0.05, 0.1) is 16.0 Å². The molecule has 1 aromatic carbocycles. The maximum atomic E-state index is 15.6. The number of rotatable bonds is 10. The lowest BCUT2D eigenvalue weighted by Crippen LogP contribution is -2.55. The van der Waals surface area contributed by atoms with Crippen molar-refractivity contribution < 1.29 is 23.6 Å². The van der Waals surface area contributed by atoms with Gasteiger partial charge in [0, 0.05) is 61.7 Å². The second-order valence-corrected chi connectivity index (χ2v) is 13.3. The highest BCUT2D eigenvalue weighted by molar-refractivity contribution is 7.17. The summed E-state index contributed by atoms with van der Waals surface area (Å²) in [6.45, 7) is 6.09. The number of carbonyl (C=O) groups is 4. The summed E-state index contributed by atoms with van der Waals surface area (Å²) >= 11 is 1.42. The molecule has 4 amide bonds. The van der Waals surface area contributed by atoms with Crippen LogP contribution in [0.1, 0.15) is 74.2 Å². The maximum absolute atomic E-state index is 15.6. The van der Waals surface area contributed by atoms with Crippen LogP contribution in [0, 0.1) is 11.7 Å². The highest BCUT2D eigenvalue weighted by atomic mass is 32.1. The first-order valence-corrected chi connectivity index (χ1v) is 17.0. The molecular formula is C34H43FN6O4S. The van der Waals surface area contributed by atoms with E-state index in [4.69, 9.17) is 0 Å². The van der Waals surface area contributed by atoms with Crippen LogP contribution in [0.5, 0.6) is 0 Å². The van der Waals surface area contributed by atoms with Crippen LogP contribution in [-0.4, -0.2) is 83.7 Å². The number of pyridine rings is 1. The van der Waals surface area contributed by atoms with E-state index in [2.05, 4.69) is 25.8 Å². The van der Waals surface area contributed by atoms with Crippen molar-refractivity contribution in [1.29, 1.82) is 0 Å². The molecule has 1 saturated carbocycles. The molecule has 3 heterocycles. The molecular weight excluding hydrogens is 607 g/mol. The number of halogens is 1. The molecule has 3 atom stereocenters. The number of carbonyl (C=O) groups excluding carboxylic acids is 4. The number of nitrogens with one attached hydrogen (secondary N) is 3. The molecule has 2 fully saturated rings. The largest absolute Gasteiger partial charge is 0.344 e. The van der Waals surface area contributed by atoms with Crippen molar-refractivity contribution in [2.45, 2.75) is 70.4 Å². The topological polar surface area (TPSA) is 124 Å². The van der Waals surface area contributed by atoms with Gasteiger partial charge in [-0.15, -0.1) is 11.3 Å². The van der Waals surface area contributed by atoms with Crippen molar-refractivity contribution in [3.05, 3.63) is 59.0 Å². The molecule has 0 unspecified atom stereocenters. The van der Waals surface area contributed by atoms with Gasteiger partial charge in [0.25, 0.3) is 5.91 Å². The quantitative estimate of drug-likeness (QED) is 0.297. The Bertz CT molecular complexity index is 1570. The van der Waals surface area contributed by atoms with Crippen LogP contribution in [0.3, 0.4) is 0 Å². The van der Waals surface area contributed by atoms with Crippen LogP contribution in [0.4, 0.5) is 10.1 Å². The molecule has 46 heavy (non-hydrogen) atoms. The summed E-state index contributed by atoms with van der Waals surface area (Å²) < 4.78 is 16.5. The van der Waals surface area contributed by atoms with E-state index < -0.39 is 29.7 Å². The average molecular weight is 651 g/mol. The summed E-state index contributed by atoms with van der Waals surface area (Å²) in [6.07, 6.45) is 8.13. The fourth-order valence-corrected chi connectivity index (χ4v) is 7.27. The first-order valence-electron chi connectivity index (χ1n) is 16.1. The zero-order valence-electron chi connectivity index (χ0n) is 26.7. The van der Waals surface area contributed by atoms with Crippen LogP contribution in [0.15, 0.2) is 42.0 Å². The van der Waals surface area contributed by atoms with Crippen molar-refractivity contribution in [1.82, 2.24) is 25.4 Å². The van der Waals surface area contributed by atoms with Gasteiger partial charge in [-0.2, -0.15) is 0 Å². The Hall–Kier alpha value is -3.90. The summed E-state index contributed by atoms with van der Waals surface area (Å²) in [7, 11) is 2.00. The average Bonchev–Trinajstić information content (AvgIpc) is 3.51. The number of piperazine rings is 1. The molecule has 2 aliphatic rings. The molecule has 10 nitrogen and oxygen atoms in total. The van der Waals surface area contributed by atoms with Crippen molar-refractivity contribution in [3.63, 3.8) is 0 Å². The minimum atomic E-state index is -0.856. The standard InChI is InChI=1S/C34H43FN6O4S/c1-4-29(42)38-30(34(45)41-16-14-40(3)15-17-41)21(2)23-10-11-27(26(35)18-23)37-33(44)31(22-8-6-5-7-9-22)39-32(43)25-20-46-28-19-36-13-12-24(25)28/h10-13,18-22,30-31H,4-9,14-17H2,1-3H3,(H,37,44)(H,38,42)(H,39,43)/t21-,30+,31-/m0/s1. The molecule has 1 saturated heterocycles. The molecule has 3 N–H and O–H groups in total. The van der Waals surface area contributed by atoms with E-state index in [1.165, 1.54) is 23.5 Å². The molecule has 0 spiro atoms. The predicted molar refractivity (Wildman–Crippen MR) is 177 cm³/mol. The molecule has 12 heteroatoms. The van der Waals surface area contributed by atoms with Crippen LogP contribution in [0.25, 0.3) is 10.1 Å². The first-order chi connectivity index (χ1) is 22.2. The third kappa shape index (κ3) is 7.72. The first kappa shape index (κ1) is 33.5. The predicted octanol–water partition coefficient (Wildman–Crippen LogP) is 4.53. The number of hydrogen-bond donors (Lipinski definition) is 3. The van der Waals surface area contributed by atoms with Gasteiger partial charge < -0.3 is 25.8 Å². The number of fused-ring (bicyclic) bond motifs is 1. The van der Waals surface area contributed by atoms with Crippen LogP contribution >= 0.6 is 11.3 Å². The summed E-state index contributed by atoms with van der Waals surface area (Å²) in [5.41, 5.74) is 0.995. The summed E-state index contributed by atoms with van der Waals surface area (Å²) in [4.78, 5) is 61.1. The number of likely N-dealkylation sites (N-methyl/N-ethyl adjacent to an activating group) is 1. The Morgan fingerprint density at radius 3 is 2.48 bits per heavy atom. The number of thiophene rings is 1. The van der Waals surface area contributed by atoms with Gasteiger partial charge in [0.15, 0.2) is 0 Å². The van der Waals surface area contributed by atoms with E-state index in [-0.39, 0.29) is 35.7 Å². The van der Waals surface area contributed by atoms with Gasteiger partial charge in [0.1, 0.15) is 17.9 Å². The van der Waals surface area contributed by atoms with Gasteiger partial charge in [-0.1, -0.05) is 39.2 Å². The fraction of sp³-hybridized carbons (Fsp3) is 0.500. The lowest BCUT2D eigenvalue weighted by molar-refractivity contribution is -0.138. The van der Waals surface area contributed by atoms with E-state index in [1.54, 1.807) is 48.7 Å². The highest BCUT2D eigenvalue weighted by Crippen LogP contribution is 2.30. The molecule has 2 aromatic heterocycles. The number of aromatic nitrogens is 1. The molecule has 1 aliphatic heterocycles. The monoisotopic (exact) mass is 650 g/mol. The van der Waals surface area contributed by atoms with Crippen LogP contribution in [-0.2, 0) is 14.4 Å². The Kier molecular flexibility index (Phi) is 11.0. The van der Waals surface area contributed by atoms with E-state index in [1.807, 2.05) is 7.05 Å². The van der Waals surface area contributed by atoms with Crippen LogP contribution < -0.4 is 16.0 Å². The Morgan fingerprint density at radius 2 is 1.78 bits per heavy atom. The smallest absolute Gasteiger partial charge is 0.253 e. The van der Waals surface area contributed by atoms with E-state index in [0.717, 1.165) is 55.3 Å². The van der Waals surface area contributed by atoms with Crippen molar-refractivity contribution in [3.8, 4) is 0 Å². The SMILES string of the molecule is CCC(=O)N[C@@H](C(=O)N1CCN(C)CC1)[C@@H](C)c1ccc(NC(=O)[C@@H](NC(=O)c2csc3cnccc23)C2CCCCC2)c(F)c1. The Balaban J connectivity index is 1.33. The third-order valence-electron chi connectivity index (χ3n) is 9.31. The lowest BCUT2D eigenvalue weighted by Gasteiger charge is -2.36. The molecule has 0 radical (unpaired) electrons. The number of hydrogen-bond acceptors (Lipinski definition) is 7. The Labute approximate surface area is 273 Å². The lowest BCUT2D eigenvalue weighted by atomic mass is 9.83. The molecule has 3 aromatic rings. The summed E-state index contributed by atoms with van der Waals surface area (Å²) in [6, 6.07) is 4.55. The van der Waals surface area contributed by atoms with Crippen molar-refractivity contribution >= 4 is 50.7 Å². The van der Waals surface area contributed by atoms with Gasteiger partial charge in [-0.25, -0.2) is 4.39 Å². The van der Waals surface area contributed by atoms with Gasteiger partial charge >= 0.3 is 0 Å². The highest BCUT2D eigenvalue weighted by Gasteiger charge is 2.34. The van der Waals surface area contributed by atoms with Crippen LogP contribution in [0.2, 0.25) is 0 Å². The van der Waals surface area contributed by atoms with Gasteiger partial charge in [0.2, 0.25) is 17.7 Å². The normalized spacial score (nSPS) is 18.0. The molecule has 246 valence electrons. The zero-order chi connectivity index (χ0) is 32.8. The van der Waals surface area contributed by atoms with E-state index in [9.17, 15) is 19.2 Å². The fourth-order valence-electron chi connectivity index (χ4n) is 6.36. The van der Waals surface area contributed by atoms with Crippen molar-refractivity contribution in [2.24, 2.45) is 5.92 Å². The minimum Gasteiger partial charge on any atom is -0.344 e. The number of amides is 4. The molecule has 0 bridgehead atoms. The number of benzene rings is 1. The number of anilines is 1. The van der Waals surface area contributed by atoms with Crippen molar-refractivity contribution in [2.75, 3.05) is 38.5 Å².